The number of alkyl halides is 3. The summed E-state index contributed by atoms with van der Waals surface area (Å²) in [6, 6.07) is 4.88. The molecule has 3 rings (SSSR count). The van der Waals surface area contributed by atoms with Gasteiger partial charge in [0.25, 0.3) is 0 Å². The van der Waals surface area contributed by atoms with Crippen LogP contribution in [0.1, 0.15) is 17.3 Å². The number of halogens is 5. The van der Waals surface area contributed by atoms with Crippen molar-refractivity contribution in [1.29, 1.82) is 0 Å². The molecule has 2 aromatic rings. The lowest BCUT2D eigenvalue weighted by molar-refractivity contribution is -0.139. The quantitative estimate of drug-likeness (QED) is 0.616. The van der Waals surface area contributed by atoms with E-state index in [9.17, 15) is 30.0 Å². The molecule has 0 fully saturated rings. The van der Waals surface area contributed by atoms with Crippen LogP contribution in [0.15, 0.2) is 40.1 Å². The van der Waals surface area contributed by atoms with Gasteiger partial charge in [0.2, 0.25) is 20.0 Å². The fourth-order valence-corrected chi connectivity index (χ4v) is 5.29. The Morgan fingerprint density at radius 1 is 1.11 bits per heavy atom. The highest BCUT2D eigenvalue weighted by Crippen LogP contribution is 2.41. The van der Waals surface area contributed by atoms with Crippen molar-refractivity contribution in [3.05, 3.63) is 51.5 Å². The average molecular weight is 476 g/mol. The molecule has 0 radical (unpaired) electrons. The molecule has 152 valence electrons. The van der Waals surface area contributed by atoms with E-state index in [1.807, 2.05) is 0 Å². The monoisotopic (exact) mass is 475 g/mol. The van der Waals surface area contributed by atoms with E-state index in [4.69, 9.17) is 28.3 Å². The van der Waals surface area contributed by atoms with E-state index >= 15 is 0 Å². The zero-order valence-corrected chi connectivity index (χ0v) is 16.5. The van der Waals surface area contributed by atoms with Crippen molar-refractivity contribution in [3.8, 4) is 0 Å². The predicted molar refractivity (Wildman–Crippen MR) is 96.0 cm³/mol. The number of hydrogen-bond donors (Lipinski definition) is 3. The van der Waals surface area contributed by atoms with Gasteiger partial charge >= 0.3 is 6.18 Å². The molecule has 14 heteroatoms. The molecule has 0 saturated carbocycles. The van der Waals surface area contributed by atoms with Crippen molar-refractivity contribution in [2.75, 3.05) is 5.32 Å². The lowest BCUT2D eigenvalue weighted by atomic mass is 10.1. The zero-order chi connectivity index (χ0) is 21.1. The molecule has 1 atom stereocenters. The number of nitrogens with two attached hydrogens (primary N) is 1. The minimum absolute atomic E-state index is 0.0633. The molecule has 0 spiro atoms. The summed E-state index contributed by atoms with van der Waals surface area (Å²) in [6.45, 7) is 0. The topological polar surface area (TPSA) is 118 Å². The van der Waals surface area contributed by atoms with Gasteiger partial charge in [0, 0.05) is 15.6 Å². The molecular formula is C14H10Cl2F3N3O4S2. The lowest BCUT2D eigenvalue weighted by Crippen LogP contribution is -2.39. The third kappa shape index (κ3) is 3.93. The number of sulfonamides is 2. The Bertz CT molecular complexity index is 1190. The van der Waals surface area contributed by atoms with Gasteiger partial charge in [-0.25, -0.2) is 22.0 Å². The van der Waals surface area contributed by atoms with E-state index < -0.39 is 53.4 Å². The molecule has 4 N–H and O–H groups in total. The highest BCUT2D eigenvalue weighted by Gasteiger charge is 2.41. The van der Waals surface area contributed by atoms with E-state index in [0.29, 0.717) is 12.1 Å². The maximum atomic E-state index is 13.3. The average Bonchev–Trinajstić information content (AvgIpc) is 2.51. The molecule has 1 aliphatic heterocycles. The molecule has 0 amide bonds. The molecule has 0 aliphatic carbocycles. The Morgan fingerprint density at radius 3 is 2.29 bits per heavy atom. The van der Waals surface area contributed by atoms with Gasteiger partial charge in [-0.05, 0) is 24.3 Å². The molecular weight excluding hydrogens is 466 g/mol. The molecule has 28 heavy (non-hydrogen) atoms. The van der Waals surface area contributed by atoms with Gasteiger partial charge in [-0.1, -0.05) is 29.3 Å². The summed E-state index contributed by atoms with van der Waals surface area (Å²) >= 11 is 11.8. The van der Waals surface area contributed by atoms with Gasteiger partial charge in [-0.3, -0.25) is 0 Å². The van der Waals surface area contributed by atoms with Gasteiger partial charge in [0.05, 0.1) is 16.1 Å². The van der Waals surface area contributed by atoms with Crippen LogP contribution in [0.25, 0.3) is 0 Å². The fraction of sp³-hybridized carbons (Fsp3) is 0.143. The molecule has 1 aliphatic rings. The van der Waals surface area contributed by atoms with Crippen LogP contribution in [-0.2, 0) is 26.2 Å². The predicted octanol–water partition coefficient (Wildman–Crippen LogP) is 3.06. The van der Waals surface area contributed by atoms with E-state index in [1.165, 1.54) is 18.2 Å². The molecule has 0 unspecified atom stereocenters. The van der Waals surface area contributed by atoms with Gasteiger partial charge in [0.15, 0.2) is 0 Å². The number of benzene rings is 2. The summed E-state index contributed by atoms with van der Waals surface area (Å²) in [5.41, 5.74) is -1.86. The van der Waals surface area contributed by atoms with Crippen molar-refractivity contribution in [2.45, 2.75) is 22.1 Å². The highest BCUT2D eigenvalue weighted by atomic mass is 35.5. The number of rotatable bonds is 2. The van der Waals surface area contributed by atoms with Gasteiger partial charge in [-0.15, -0.1) is 0 Å². The van der Waals surface area contributed by atoms with Crippen LogP contribution in [0.4, 0.5) is 18.9 Å². The Balaban J connectivity index is 2.23. The summed E-state index contributed by atoms with van der Waals surface area (Å²) in [6.07, 6.45) is -6.32. The molecule has 2 aromatic carbocycles. The zero-order valence-electron chi connectivity index (χ0n) is 13.4. The number of primary sulfonamides is 1. The molecule has 0 saturated heterocycles. The minimum atomic E-state index is -5.10. The van der Waals surface area contributed by atoms with Crippen LogP contribution in [0.2, 0.25) is 10.0 Å². The third-order valence-electron chi connectivity index (χ3n) is 3.83. The summed E-state index contributed by atoms with van der Waals surface area (Å²) in [5.74, 6) is 0. The first-order chi connectivity index (χ1) is 12.7. The smallest absolute Gasteiger partial charge is 0.364 e. The summed E-state index contributed by atoms with van der Waals surface area (Å²) in [7, 11) is -9.26. The van der Waals surface area contributed by atoms with Crippen LogP contribution in [0.5, 0.6) is 0 Å². The largest absolute Gasteiger partial charge is 0.417 e. The van der Waals surface area contributed by atoms with E-state index in [2.05, 4.69) is 10.0 Å². The van der Waals surface area contributed by atoms with Crippen LogP contribution in [0.3, 0.4) is 0 Å². The Labute approximate surface area is 167 Å². The van der Waals surface area contributed by atoms with Gasteiger partial charge in [0.1, 0.15) is 11.1 Å². The number of anilines is 1. The maximum Gasteiger partial charge on any atom is 0.417 e. The Morgan fingerprint density at radius 2 is 1.75 bits per heavy atom. The summed E-state index contributed by atoms with van der Waals surface area (Å²) in [4.78, 5) is -2.06. The van der Waals surface area contributed by atoms with Crippen molar-refractivity contribution in [3.63, 3.8) is 0 Å². The molecule has 0 aromatic heterocycles. The van der Waals surface area contributed by atoms with E-state index in [0.717, 1.165) is 0 Å². The number of fused-ring (bicyclic) bond motifs is 1. The first kappa shape index (κ1) is 21.1. The second-order valence-electron chi connectivity index (χ2n) is 5.75. The Hall–Kier alpha value is -1.57. The first-order valence-electron chi connectivity index (χ1n) is 7.22. The van der Waals surface area contributed by atoms with Crippen molar-refractivity contribution in [2.24, 2.45) is 5.14 Å². The Kier molecular flexibility index (Phi) is 5.10. The number of hydrogen-bond acceptors (Lipinski definition) is 5. The van der Waals surface area contributed by atoms with Crippen LogP contribution in [-0.4, -0.2) is 16.8 Å². The van der Waals surface area contributed by atoms with Crippen molar-refractivity contribution >= 4 is 48.9 Å². The third-order valence-corrected chi connectivity index (χ3v) is 6.81. The maximum absolute atomic E-state index is 13.3. The van der Waals surface area contributed by atoms with Crippen LogP contribution in [0, 0.1) is 0 Å². The molecule has 1 heterocycles. The molecule has 0 bridgehead atoms. The van der Waals surface area contributed by atoms with Crippen molar-refractivity contribution in [1.82, 2.24) is 4.72 Å². The minimum Gasteiger partial charge on any atom is -0.364 e. The standard InChI is InChI=1S/C14H10Cl2F3N3O4S2/c15-6-1-2-7(9(16)3-6)13-21-10-4-8(14(17,18)19)11(27(20,23)24)5-12(10)28(25,26)22-13/h1-5,13,21-22H,(H2,20,23,24)/t13-/m1/s1. The second-order valence-corrected chi connectivity index (χ2v) is 9.81. The van der Waals surface area contributed by atoms with E-state index in [-0.39, 0.29) is 15.6 Å². The fourth-order valence-electron chi connectivity index (χ4n) is 2.63. The summed E-state index contributed by atoms with van der Waals surface area (Å²) in [5, 5.41) is 7.73. The van der Waals surface area contributed by atoms with Gasteiger partial charge in [-0.2, -0.15) is 17.9 Å². The molecule has 7 nitrogen and oxygen atoms in total. The van der Waals surface area contributed by atoms with Crippen LogP contribution >= 0.6 is 23.2 Å². The van der Waals surface area contributed by atoms with Crippen LogP contribution < -0.4 is 15.2 Å². The second kappa shape index (κ2) is 6.75. The van der Waals surface area contributed by atoms with Crippen molar-refractivity contribution < 1.29 is 30.0 Å². The SMILES string of the molecule is NS(=O)(=O)c1cc2c(cc1C(F)(F)F)N[C@@H](c1ccc(Cl)cc1Cl)NS2(=O)=O. The number of nitrogens with one attached hydrogen (secondary N) is 2. The van der Waals surface area contributed by atoms with E-state index in [1.54, 1.807) is 0 Å². The first-order valence-corrected chi connectivity index (χ1v) is 11.0. The highest BCUT2D eigenvalue weighted by molar-refractivity contribution is 7.90. The normalized spacial score (nSPS) is 19.0. The summed E-state index contributed by atoms with van der Waals surface area (Å²) < 4.78 is 90.4. The lowest BCUT2D eigenvalue weighted by Gasteiger charge is -2.30. The van der Waals surface area contributed by atoms with Gasteiger partial charge < -0.3 is 5.32 Å².